The van der Waals surface area contributed by atoms with E-state index in [4.69, 9.17) is 0 Å². The first-order valence-corrected chi connectivity index (χ1v) is 6.98. The van der Waals surface area contributed by atoms with E-state index in [0.717, 1.165) is 25.7 Å². The maximum atomic E-state index is 13.4. The van der Waals surface area contributed by atoms with Crippen LogP contribution < -0.4 is 5.32 Å². The molecule has 0 radical (unpaired) electrons. The van der Waals surface area contributed by atoms with Gasteiger partial charge in [-0.1, -0.05) is 43.2 Å². The minimum absolute atomic E-state index is 0.161. The highest BCUT2D eigenvalue weighted by Gasteiger charge is 2.35. The van der Waals surface area contributed by atoms with Gasteiger partial charge in [-0.2, -0.15) is 0 Å². The second-order valence-electron chi connectivity index (χ2n) is 5.41. The molecule has 0 aromatic heterocycles. The van der Waals surface area contributed by atoms with E-state index in [9.17, 15) is 8.78 Å². The van der Waals surface area contributed by atoms with E-state index in [1.165, 1.54) is 17.7 Å². The largest absolute Gasteiger partial charge is 0.375 e. The minimum Gasteiger partial charge on any atom is -0.375 e. The third-order valence-electron chi connectivity index (χ3n) is 4.09. The number of hydrogen-bond donors (Lipinski definition) is 1. The summed E-state index contributed by atoms with van der Waals surface area (Å²) in [5.41, 5.74) is 1.68. The van der Waals surface area contributed by atoms with Crippen LogP contribution in [0.25, 0.3) is 0 Å². The molecule has 3 rings (SSSR count). The Morgan fingerprint density at radius 1 is 0.850 bits per heavy atom. The van der Waals surface area contributed by atoms with Crippen molar-refractivity contribution in [2.45, 2.75) is 31.2 Å². The van der Waals surface area contributed by atoms with Gasteiger partial charge in [0.15, 0.2) is 11.6 Å². The summed E-state index contributed by atoms with van der Waals surface area (Å²) in [6.07, 6.45) is 4.31. The van der Waals surface area contributed by atoms with Gasteiger partial charge < -0.3 is 5.32 Å². The van der Waals surface area contributed by atoms with E-state index < -0.39 is 11.6 Å². The Bertz CT molecular complexity index is 589. The lowest BCUT2D eigenvalue weighted by Crippen LogP contribution is -2.32. The topological polar surface area (TPSA) is 12.0 Å². The van der Waals surface area contributed by atoms with Crippen molar-refractivity contribution in [2.75, 3.05) is 5.32 Å². The highest BCUT2D eigenvalue weighted by molar-refractivity contribution is 5.49. The van der Waals surface area contributed by atoms with Gasteiger partial charge in [0, 0.05) is 11.8 Å². The summed E-state index contributed by atoms with van der Waals surface area (Å²) >= 11 is 0. The molecule has 1 aliphatic rings. The van der Waals surface area contributed by atoms with Crippen LogP contribution in [0.4, 0.5) is 14.5 Å². The highest BCUT2D eigenvalue weighted by Crippen LogP contribution is 2.41. The van der Waals surface area contributed by atoms with Crippen molar-refractivity contribution in [3.63, 3.8) is 0 Å². The normalized spacial score (nSPS) is 17.1. The van der Waals surface area contributed by atoms with Gasteiger partial charge in [0.1, 0.15) is 0 Å². The zero-order valence-corrected chi connectivity index (χ0v) is 11.2. The van der Waals surface area contributed by atoms with Gasteiger partial charge in [-0.15, -0.1) is 0 Å². The second-order valence-corrected chi connectivity index (χ2v) is 5.41. The lowest BCUT2D eigenvalue weighted by atomic mass is 9.88. The first-order valence-electron chi connectivity index (χ1n) is 6.98. The second kappa shape index (κ2) is 5.23. The monoisotopic (exact) mass is 273 g/mol. The van der Waals surface area contributed by atoms with E-state index in [2.05, 4.69) is 17.4 Å². The number of nitrogens with one attached hydrogen (secondary N) is 1. The highest BCUT2D eigenvalue weighted by atomic mass is 19.2. The van der Waals surface area contributed by atoms with Gasteiger partial charge in [0.2, 0.25) is 0 Å². The lowest BCUT2D eigenvalue weighted by Gasteiger charge is -2.32. The number of hydrogen-bond acceptors (Lipinski definition) is 1. The van der Waals surface area contributed by atoms with Crippen LogP contribution in [0.5, 0.6) is 0 Å². The van der Waals surface area contributed by atoms with Gasteiger partial charge in [0.25, 0.3) is 0 Å². The van der Waals surface area contributed by atoms with Crippen LogP contribution >= 0.6 is 0 Å². The molecule has 0 atom stereocenters. The van der Waals surface area contributed by atoms with Crippen molar-refractivity contribution >= 4 is 5.69 Å². The fourth-order valence-electron chi connectivity index (χ4n) is 3.07. The molecule has 0 saturated heterocycles. The van der Waals surface area contributed by atoms with Crippen LogP contribution in [-0.4, -0.2) is 0 Å². The predicted octanol–water partition coefficient (Wildman–Crippen LogP) is 4.85. The standard InChI is InChI=1S/C17H17F2N/c18-15-9-8-14(12-16(15)19)20-17(10-4-5-11-17)13-6-2-1-3-7-13/h1-3,6-9,12,20H,4-5,10-11H2. The minimum atomic E-state index is -0.810. The van der Waals surface area contributed by atoms with Crippen molar-refractivity contribution in [3.8, 4) is 0 Å². The van der Waals surface area contributed by atoms with E-state index in [0.29, 0.717) is 5.69 Å². The molecule has 3 heteroatoms. The third kappa shape index (κ3) is 2.40. The molecule has 2 aromatic carbocycles. The molecule has 1 saturated carbocycles. The first-order chi connectivity index (χ1) is 9.70. The zero-order chi connectivity index (χ0) is 14.0. The zero-order valence-electron chi connectivity index (χ0n) is 11.2. The number of benzene rings is 2. The van der Waals surface area contributed by atoms with Crippen LogP contribution in [0.3, 0.4) is 0 Å². The molecule has 20 heavy (non-hydrogen) atoms. The van der Waals surface area contributed by atoms with Crippen LogP contribution in [-0.2, 0) is 5.54 Å². The molecule has 0 unspecified atom stereocenters. The summed E-state index contributed by atoms with van der Waals surface area (Å²) in [6, 6.07) is 14.2. The summed E-state index contributed by atoms with van der Waals surface area (Å²) in [5.74, 6) is -1.62. The van der Waals surface area contributed by atoms with E-state index in [-0.39, 0.29) is 5.54 Å². The SMILES string of the molecule is Fc1ccc(NC2(c3ccccc3)CCCC2)cc1F. The average molecular weight is 273 g/mol. The van der Waals surface area contributed by atoms with Crippen molar-refractivity contribution in [2.24, 2.45) is 0 Å². The molecular formula is C17H17F2N. The molecule has 0 amide bonds. The van der Waals surface area contributed by atoms with Crippen LogP contribution in [0, 0.1) is 11.6 Å². The van der Waals surface area contributed by atoms with Crippen LogP contribution in [0.2, 0.25) is 0 Å². The smallest absolute Gasteiger partial charge is 0.160 e. The molecule has 1 aliphatic carbocycles. The molecule has 1 nitrogen and oxygen atoms in total. The molecule has 1 N–H and O–H groups in total. The van der Waals surface area contributed by atoms with Crippen molar-refractivity contribution in [1.82, 2.24) is 0 Å². The lowest BCUT2D eigenvalue weighted by molar-refractivity contribution is 0.498. The molecule has 0 bridgehead atoms. The third-order valence-corrected chi connectivity index (χ3v) is 4.09. The Hall–Kier alpha value is -1.90. The van der Waals surface area contributed by atoms with Crippen LogP contribution in [0.15, 0.2) is 48.5 Å². The molecule has 0 aliphatic heterocycles. The molecule has 0 spiro atoms. The van der Waals surface area contributed by atoms with Gasteiger partial charge in [-0.05, 0) is 30.5 Å². The molecule has 1 fully saturated rings. The van der Waals surface area contributed by atoms with Gasteiger partial charge in [-0.25, -0.2) is 8.78 Å². The summed E-state index contributed by atoms with van der Waals surface area (Å²) in [5, 5.41) is 3.43. The quantitative estimate of drug-likeness (QED) is 0.843. The Balaban J connectivity index is 1.93. The maximum absolute atomic E-state index is 13.4. The molecule has 104 valence electrons. The van der Waals surface area contributed by atoms with Gasteiger partial charge in [-0.3, -0.25) is 0 Å². The molecule has 0 heterocycles. The molecular weight excluding hydrogens is 256 g/mol. The van der Waals surface area contributed by atoms with E-state index >= 15 is 0 Å². The van der Waals surface area contributed by atoms with Gasteiger partial charge >= 0.3 is 0 Å². The fourth-order valence-corrected chi connectivity index (χ4v) is 3.07. The van der Waals surface area contributed by atoms with Crippen molar-refractivity contribution in [3.05, 3.63) is 65.7 Å². The van der Waals surface area contributed by atoms with E-state index in [1.54, 1.807) is 6.07 Å². The summed E-state index contributed by atoms with van der Waals surface area (Å²) in [6.45, 7) is 0. The summed E-state index contributed by atoms with van der Waals surface area (Å²) in [4.78, 5) is 0. The fraction of sp³-hybridized carbons (Fsp3) is 0.294. The Kier molecular flexibility index (Phi) is 3.43. The number of halogens is 2. The Morgan fingerprint density at radius 3 is 2.20 bits per heavy atom. The number of rotatable bonds is 3. The Labute approximate surface area is 117 Å². The molecule has 2 aromatic rings. The number of anilines is 1. The predicted molar refractivity (Wildman–Crippen MR) is 76.6 cm³/mol. The van der Waals surface area contributed by atoms with Crippen molar-refractivity contribution in [1.29, 1.82) is 0 Å². The first kappa shape index (κ1) is 13.1. The summed E-state index contributed by atoms with van der Waals surface area (Å²) in [7, 11) is 0. The van der Waals surface area contributed by atoms with Gasteiger partial charge in [0.05, 0.1) is 5.54 Å². The average Bonchev–Trinajstić information content (AvgIpc) is 2.94. The van der Waals surface area contributed by atoms with Crippen LogP contribution in [0.1, 0.15) is 31.2 Å². The summed E-state index contributed by atoms with van der Waals surface area (Å²) < 4.78 is 26.4. The van der Waals surface area contributed by atoms with E-state index in [1.807, 2.05) is 18.2 Å². The Morgan fingerprint density at radius 2 is 1.55 bits per heavy atom. The van der Waals surface area contributed by atoms with Crippen molar-refractivity contribution < 1.29 is 8.78 Å². The maximum Gasteiger partial charge on any atom is 0.160 e.